The third-order valence-electron chi connectivity index (χ3n) is 3.86. The fraction of sp³-hybridized carbons (Fsp3) is 0.444. The van der Waals surface area contributed by atoms with Crippen molar-refractivity contribution in [2.75, 3.05) is 25.9 Å². The molecule has 0 aliphatic heterocycles. The molecule has 0 radical (unpaired) electrons. The SMILES string of the molecule is CN=C(NCCSc1ccc(Cl)cc1)NCC(C)c1c(C)noc1C. The van der Waals surface area contributed by atoms with Gasteiger partial charge in [0, 0.05) is 47.3 Å². The van der Waals surface area contributed by atoms with Crippen molar-refractivity contribution in [3.8, 4) is 0 Å². The molecule has 136 valence electrons. The summed E-state index contributed by atoms with van der Waals surface area (Å²) in [5, 5.41) is 11.5. The van der Waals surface area contributed by atoms with Gasteiger partial charge in [0.15, 0.2) is 5.96 Å². The van der Waals surface area contributed by atoms with Crippen molar-refractivity contribution in [1.29, 1.82) is 0 Å². The van der Waals surface area contributed by atoms with Crippen molar-refractivity contribution in [3.63, 3.8) is 0 Å². The minimum Gasteiger partial charge on any atom is -0.361 e. The van der Waals surface area contributed by atoms with E-state index in [1.165, 1.54) is 10.5 Å². The van der Waals surface area contributed by atoms with Gasteiger partial charge in [0.2, 0.25) is 0 Å². The Bertz CT molecular complexity index is 680. The number of guanidine groups is 1. The Hall–Kier alpha value is -1.66. The van der Waals surface area contributed by atoms with Crippen LogP contribution in [0.15, 0.2) is 38.7 Å². The molecule has 0 aliphatic carbocycles. The Kier molecular flexibility index (Phi) is 7.65. The monoisotopic (exact) mass is 380 g/mol. The number of hydrogen-bond donors (Lipinski definition) is 2. The third-order valence-corrected chi connectivity index (χ3v) is 5.12. The fourth-order valence-electron chi connectivity index (χ4n) is 2.64. The highest BCUT2D eigenvalue weighted by atomic mass is 35.5. The van der Waals surface area contributed by atoms with E-state index in [9.17, 15) is 0 Å². The number of aliphatic imine (C=N–C) groups is 1. The fourth-order valence-corrected chi connectivity index (χ4v) is 3.53. The highest BCUT2D eigenvalue weighted by Gasteiger charge is 2.16. The molecule has 1 unspecified atom stereocenters. The number of nitrogens with one attached hydrogen (secondary N) is 2. The number of thioether (sulfide) groups is 1. The molecular formula is C18H25ClN4OS. The molecule has 0 aliphatic rings. The van der Waals surface area contributed by atoms with Gasteiger partial charge in [0.25, 0.3) is 0 Å². The van der Waals surface area contributed by atoms with Gasteiger partial charge in [0.05, 0.1) is 5.69 Å². The summed E-state index contributed by atoms with van der Waals surface area (Å²) in [6.07, 6.45) is 0. The van der Waals surface area contributed by atoms with Crippen molar-refractivity contribution in [2.45, 2.75) is 31.6 Å². The van der Waals surface area contributed by atoms with Gasteiger partial charge in [-0.2, -0.15) is 0 Å². The van der Waals surface area contributed by atoms with E-state index in [4.69, 9.17) is 16.1 Å². The van der Waals surface area contributed by atoms with Gasteiger partial charge in [-0.3, -0.25) is 4.99 Å². The highest BCUT2D eigenvalue weighted by Crippen LogP contribution is 2.22. The summed E-state index contributed by atoms with van der Waals surface area (Å²) in [5.74, 6) is 2.93. The zero-order valence-electron chi connectivity index (χ0n) is 15.1. The van der Waals surface area contributed by atoms with E-state index in [0.29, 0.717) is 5.92 Å². The molecule has 0 spiro atoms. The number of benzene rings is 1. The minimum atomic E-state index is 0.299. The maximum absolute atomic E-state index is 5.89. The molecule has 0 amide bonds. The number of aryl methyl sites for hydroxylation is 2. The van der Waals surface area contributed by atoms with E-state index in [-0.39, 0.29) is 0 Å². The van der Waals surface area contributed by atoms with E-state index in [2.05, 4.69) is 27.7 Å². The molecule has 2 N–H and O–H groups in total. The van der Waals surface area contributed by atoms with E-state index in [0.717, 1.165) is 41.3 Å². The van der Waals surface area contributed by atoms with Crippen LogP contribution < -0.4 is 10.6 Å². The quantitative estimate of drug-likeness (QED) is 0.329. The Labute approximate surface area is 158 Å². The lowest BCUT2D eigenvalue weighted by atomic mass is 10.00. The van der Waals surface area contributed by atoms with E-state index >= 15 is 0 Å². The second kappa shape index (κ2) is 9.73. The van der Waals surface area contributed by atoms with Gasteiger partial charge in [-0.1, -0.05) is 23.7 Å². The summed E-state index contributed by atoms with van der Waals surface area (Å²) < 4.78 is 5.24. The standard InChI is InChI=1S/C18H25ClN4OS/c1-12(17-13(2)23-24-14(17)3)11-22-18(20-4)21-9-10-25-16-7-5-15(19)6-8-16/h5-8,12H,9-11H2,1-4H3,(H2,20,21,22). The summed E-state index contributed by atoms with van der Waals surface area (Å²) in [6.45, 7) is 7.68. The van der Waals surface area contributed by atoms with Gasteiger partial charge in [0.1, 0.15) is 5.76 Å². The molecule has 0 bridgehead atoms. The summed E-state index contributed by atoms with van der Waals surface area (Å²) >= 11 is 7.68. The highest BCUT2D eigenvalue weighted by molar-refractivity contribution is 7.99. The predicted molar refractivity (Wildman–Crippen MR) is 106 cm³/mol. The van der Waals surface area contributed by atoms with Crippen LogP contribution in [0.2, 0.25) is 5.02 Å². The minimum absolute atomic E-state index is 0.299. The lowest BCUT2D eigenvalue weighted by Crippen LogP contribution is -2.40. The van der Waals surface area contributed by atoms with Gasteiger partial charge in [-0.25, -0.2) is 0 Å². The van der Waals surface area contributed by atoms with Crippen LogP contribution in [0.1, 0.15) is 29.9 Å². The average molecular weight is 381 g/mol. The molecule has 1 aromatic heterocycles. The number of halogens is 1. The summed E-state index contributed by atoms with van der Waals surface area (Å²) in [6, 6.07) is 7.89. The molecule has 2 rings (SSSR count). The largest absolute Gasteiger partial charge is 0.361 e. The van der Waals surface area contributed by atoms with Crippen LogP contribution in [0.3, 0.4) is 0 Å². The first-order valence-corrected chi connectivity index (χ1v) is 9.63. The number of hydrogen-bond acceptors (Lipinski definition) is 4. The molecule has 0 saturated heterocycles. The van der Waals surface area contributed by atoms with E-state index in [1.54, 1.807) is 18.8 Å². The smallest absolute Gasteiger partial charge is 0.191 e. The first-order chi connectivity index (χ1) is 12.0. The second-order valence-electron chi connectivity index (χ2n) is 5.82. The van der Waals surface area contributed by atoms with Gasteiger partial charge >= 0.3 is 0 Å². The molecule has 25 heavy (non-hydrogen) atoms. The molecule has 0 saturated carbocycles. The Morgan fingerprint density at radius 2 is 2.00 bits per heavy atom. The van der Waals surface area contributed by atoms with Crippen LogP contribution in [0, 0.1) is 13.8 Å². The van der Waals surface area contributed by atoms with Crippen LogP contribution in [0.4, 0.5) is 0 Å². The van der Waals surface area contributed by atoms with Gasteiger partial charge in [-0.15, -0.1) is 11.8 Å². The van der Waals surface area contributed by atoms with Crippen LogP contribution in [-0.4, -0.2) is 37.0 Å². The van der Waals surface area contributed by atoms with Crippen LogP contribution in [0.5, 0.6) is 0 Å². The molecule has 0 fully saturated rings. The lowest BCUT2D eigenvalue weighted by Gasteiger charge is -2.16. The van der Waals surface area contributed by atoms with Crippen molar-refractivity contribution in [1.82, 2.24) is 15.8 Å². The molecule has 1 heterocycles. The number of aromatic nitrogens is 1. The van der Waals surface area contributed by atoms with Gasteiger partial charge < -0.3 is 15.2 Å². The predicted octanol–water partition coefficient (Wildman–Crippen LogP) is 4.01. The first-order valence-electron chi connectivity index (χ1n) is 8.27. The van der Waals surface area contributed by atoms with Crippen molar-refractivity contribution < 1.29 is 4.52 Å². The molecule has 2 aromatic rings. The maximum atomic E-state index is 5.89. The number of nitrogens with zero attached hydrogens (tertiary/aromatic N) is 2. The van der Waals surface area contributed by atoms with Crippen LogP contribution in [-0.2, 0) is 0 Å². The Morgan fingerprint density at radius 1 is 1.28 bits per heavy atom. The second-order valence-corrected chi connectivity index (χ2v) is 7.43. The summed E-state index contributed by atoms with van der Waals surface area (Å²) in [7, 11) is 1.78. The normalized spacial score (nSPS) is 12.9. The Morgan fingerprint density at radius 3 is 2.60 bits per heavy atom. The van der Waals surface area contributed by atoms with Crippen LogP contribution in [0.25, 0.3) is 0 Å². The first kappa shape index (κ1) is 19.7. The summed E-state index contributed by atoms with van der Waals surface area (Å²) in [5.41, 5.74) is 2.12. The molecule has 5 nitrogen and oxygen atoms in total. The molecule has 1 aromatic carbocycles. The summed E-state index contributed by atoms with van der Waals surface area (Å²) in [4.78, 5) is 5.48. The number of rotatable bonds is 7. The third kappa shape index (κ3) is 5.97. The van der Waals surface area contributed by atoms with E-state index in [1.807, 2.05) is 38.1 Å². The molecule has 7 heteroatoms. The van der Waals surface area contributed by atoms with Crippen LogP contribution >= 0.6 is 23.4 Å². The molecule has 1 atom stereocenters. The van der Waals surface area contributed by atoms with Crippen molar-refractivity contribution in [2.24, 2.45) is 4.99 Å². The van der Waals surface area contributed by atoms with Crippen molar-refractivity contribution >= 4 is 29.3 Å². The zero-order valence-corrected chi connectivity index (χ0v) is 16.7. The topological polar surface area (TPSA) is 62.5 Å². The zero-order chi connectivity index (χ0) is 18.2. The van der Waals surface area contributed by atoms with Crippen molar-refractivity contribution in [3.05, 3.63) is 46.3 Å². The Balaban J connectivity index is 1.72. The molecular weight excluding hydrogens is 356 g/mol. The van der Waals surface area contributed by atoms with Gasteiger partial charge in [-0.05, 0) is 38.1 Å². The lowest BCUT2D eigenvalue weighted by molar-refractivity contribution is 0.391. The van der Waals surface area contributed by atoms with E-state index < -0.39 is 0 Å². The average Bonchev–Trinajstić information content (AvgIpc) is 2.94. The maximum Gasteiger partial charge on any atom is 0.191 e.